The smallest absolute Gasteiger partial charge is 0.0269 e. The summed E-state index contributed by atoms with van der Waals surface area (Å²) in [6, 6.07) is 0. The second kappa shape index (κ2) is 12.6. The topological polar surface area (TPSA) is 0 Å². The predicted molar refractivity (Wildman–Crippen MR) is 65.6 cm³/mol. The highest BCUT2D eigenvalue weighted by molar-refractivity contribution is 6.17. The Bertz CT molecular complexity index is 183. The number of unbranched alkanes of at least 4 members (excludes halogenated alkanes) is 4. The lowest BCUT2D eigenvalue weighted by Crippen LogP contribution is -1.72. The molecule has 0 aromatic carbocycles. The van der Waals surface area contributed by atoms with E-state index in [-0.39, 0.29) is 0 Å². The van der Waals surface area contributed by atoms with Crippen LogP contribution in [0.1, 0.15) is 51.9 Å². The SMILES string of the molecule is CCCCCC#CC/C=C/CCCCl. The number of halogens is 1. The quantitative estimate of drug-likeness (QED) is 0.252. The molecule has 0 aliphatic carbocycles. The Kier molecular flexibility index (Phi) is 12.2. The van der Waals surface area contributed by atoms with Gasteiger partial charge >= 0.3 is 0 Å². The Labute approximate surface area is 93.7 Å². The van der Waals surface area contributed by atoms with Crippen LogP contribution in [0, 0.1) is 11.8 Å². The van der Waals surface area contributed by atoms with Gasteiger partial charge < -0.3 is 0 Å². The standard InChI is InChI=1S/C13H21Cl/c1-2-3-4-5-6-7-8-9-10-11-12-13-14/h9-10H,2-5,8,11-13H2,1H3/b10-9+. The van der Waals surface area contributed by atoms with Crippen molar-refractivity contribution in [3.8, 4) is 11.8 Å². The van der Waals surface area contributed by atoms with Crippen LogP contribution in [-0.4, -0.2) is 5.88 Å². The Morgan fingerprint density at radius 2 is 1.93 bits per heavy atom. The molecule has 1 heteroatoms. The summed E-state index contributed by atoms with van der Waals surface area (Å²) in [5.74, 6) is 7.09. The van der Waals surface area contributed by atoms with E-state index in [0.717, 1.165) is 31.6 Å². The van der Waals surface area contributed by atoms with E-state index in [2.05, 4.69) is 30.9 Å². The van der Waals surface area contributed by atoms with Crippen LogP contribution < -0.4 is 0 Å². The Balaban J connectivity index is 3.20. The second-order valence-electron chi connectivity index (χ2n) is 3.32. The molecule has 0 saturated carbocycles. The van der Waals surface area contributed by atoms with E-state index in [1.165, 1.54) is 19.3 Å². The molecule has 0 atom stereocenters. The predicted octanol–water partition coefficient (Wildman–Crippen LogP) is 4.54. The molecule has 0 radical (unpaired) electrons. The zero-order chi connectivity index (χ0) is 10.5. The minimum atomic E-state index is 0.757. The van der Waals surface area contributed by atoms with Crippen LogP contribution in [0.2, 0.25) is 0 Å². The summed E-state index contributed by atoms with van der Waals surface area (Å²) >= 11 is 5.55. The molecule has 0 bridgehead atoms. The van der Waals surface area contributed by atoms with Gasteiger partial charge in [-0.15, -0.1) is 17.5 Å². The van der Waals surface area contributed by atoms with E-state index in [9.17, 15) is 0 Å². The first-order valence-corrected chi connectivity index (χ1v) is 6.12. The van der Waals surface area contributed by atoms with Gasteiger partial charge in [-0.1, -0.05) is 37.8 Å². The molecule has 0 N–H and O–H groups in total. The zero-order valence-corrected chi connectivity index (χ0v) is 9.95. The molecule has 0 saturated heterocycles. The van der Waals surface area contributed by atoms with E-state index in [4.69, 9.17) is 11.6 Å². The number of allylic oxidation sites excluding steroid dienone is 2. The fraction of sp³-hybridized carbons (Fsp3) is 0.692. The molecule has 0 amide bonds. The molecular weight excluding hydrogens is 192 g/mol. The largest absolute Gasteiger partial charge is 0.127 e. The summed E-state index contributed by atoms with van der Waals surface area (Å²) in [6.45, 7) is 2.22. The van der Waals surface area contributed by atoms with Gasteiger partial charge in [-0.3, -0.25) is 0 Å². The van der Waals surface area contributed by atoms with Crippen LogP contribution in [0.3, 0.4) is 0 Å². The molecule has 0 nitrogen and oxygen atoms in total. The lowest BCUT2D eigenvalue weighted by molar-refractivity contribution is 0.737. The van der Waals surface area contributed by atoms with Gasteiger partial charge in [0.05, 0.1) is 0 Å². The highest BCUT2D eigenvalue weighted by Crippen LogP contribution is 1.97. The number of hydrogen-bond acceptors (Lipinski definition) is 0. The molecule has 0 heterocycles. The van der Waals surface area contributed by atoms with Crippen molar-refractivity contribution in [3.05, 3.63) is 12.2 Å². The van der Waals surface area contributed by atoms with Crippen molar-refractivity contribution in [3.63, 3.8) is 0 Å². The summed E-state index contributed by atoms with van der Waals surface area (Å²) in [4.78, 5) is 0. The molecule has 0 aliphatic rings. The number of hydrogen-bond donors (Lipinski definition) is 0. The van der Waals surface area contributed by atoms with E-state index in [1.807, 2.05) is 0 Å². The fourth-order valence-electron chi connectivity index (χ4n) is 1.08. The van der Waals surface area contributed by atoms with Crippen LogP contribution in [0.25, 0.3) is 0 Å². The molecule has 0 aromatic rings. The number of rotatable bonds is 7. The molecule has 0 aliphatic heterocycles. The lowest BCUT2D eigenvalue weighted by Gasteiger charge is -1.88. The van der Waals surface area contributed by atoms with Crippen molar-refractivity contribution in [2.45, 2.75) is 51.9 Å². The van der Waals surface area contributed by atoms with Gasteiger partial charge in [0.2, 0.25) is 0 Å². The molecule has 80 valence electrons. The summed E-state index contributed by atoms with van der Waals surface area (Å²) in [7, 11) is 0. The van der Waals surface area contributed by atoms with Crippen LogP contribution in [0.5, 0.6) is 0 Å². The maximum absolute atomic E-state index is 5.55. The Hall–Kier alpha value is -0.410. The number of alkyl halides is 1. The zero-order valence-electron chi connectivity index (χ0n) is 9.19. The van der Waals surface area contributed by atoms with Gasteiger partial charge in [-0.2, -0.15) is 0 Å². The van der Waals surface area contributed by atoms with Crippen molar-refractivity contribution < 1.29 is 0 Å². The van der Waals surface area contributed by atoms with Crippen molar-refractivity contribution in [1.82, 2.24) is 0 Å². The third kappa shape index (κ3) is 11.6. The first-order valence-electron chi connectivity index (χ1n) is 5.58. The molecule has 0 rings (SSSR count). The molecule has 0 spiro atoms. The minimum Gasteiger partial charge on any atom is -0.127 e. The summed E-state index contributed by atoms with van der Waals surface area (Å²) in [6.07, 6.45) is 12.3. The molecule has 0 fully saturated rings. The lowest BCUT2D eigenvalue weighted by atomic mass is 10.2. The third-order valence-corrected chi connectivity index (χ3v) is 2.19. The van der Waals surface area contributed by atoms with Crippen LogP contribution in [-0.2, 0) is 0 Å². The highest BCUT2D eigenvalue weighted by atomic mass is 35.5. The van der Waals surface area contributed by atoms with E-state index >= 15 is 0 Å². The van der Waals surface area contributed by atoms with E-state index in [0.29, 0.717) is 0 Å². The summed E-state index contributed by atoms with van der Waals surface area (Å²) < 4.78 is 0. The molecule has 14 heavy (non-hydrogen) atoms. The second-order valence-corrected chi connectivity index (χ2v) is 3.70. The van der Waals surface area contributed by atoms with Gasteiger partial charge in [-0.05, 0) is 19.3 Å². The van der Waals surface area contributed by atoms with Crippen LogP contribution >= 0.6 is 11.6 Å². The maximum Gasteiger partial charge on any atom is 0.0269 e. The third-order valence-electron chi connectivity index (χ3n) is 1.92. The van der Waals surface area contributed by atoms with Crippen molar-refractivity contribution in [1.29, 1.82) is 0 Å². The first kappa shape index (κ1) is 13.6. The monoisotopic (exact) mass is 212 g/mol. The normalized spacial score (nSPS) is 10.1. The van der Waals surface area contributed by atoms with Crippen molar-refractivity contribution in [2.24, 2.45) is 0 Å². The maximum atomic E-state index is 5.55. The van der Waals surface area contributed by atoms with Gasteiger partial charge in [-0.25, -0.2) is 0 Å². The van der Waals surface area contributed by atoms with E-state index in [1.54, 1.807) is 0 Å². The summed E-state index contributed by atoms with van der Waals surface area (Å²) in [5, 5.41) is 0. The Morgan fingerprint density at radius 3 is 2.64 bits per heavy atom. The van der Waals surface area contributed by atoms with Gasteiger partial charge in [0.25, 0.3) is 0 Å². The molecule has 0 unspecified atom stereocenters. The van der Waals surface area contributed by atoms with Gasteiger partial charge in [0, 0.05) is 18.7 Å². The van der Waals surface area contributed by atoms with Crippen LogP contribution in [0.15, 0.2) is 12.2 Å². The highest BCUT2D eigenvalue weighted by Gasteiger charge is 1.80. The van der Waals surface area contributed by atoms with Crippen LogP contribution in [0.4, 0.5) is 0 Å². The van der Waals surface area contributed by atoms with Gasteiger partial charge in [0.1, 0.15) is 0 Å². The Morgan fingerprint density at radius 1 is 1.07 bits per heavy atom. The van der Waals surface area contributed by atoms with Crippen molar-refractivity contribution >= 4 is 11.6 Å². The fourth-order valence-corrected chi connectivity index (χ4v) is 1.23. The minimum absolute atomic E-state index is 0.757. The molecule has 0 aromatic heterocycles. The molecular formula is C13H21Cl. The first-order chi connectivity index (χ1) is 6.91. The average Bonchev–Trinajstić information content (AvgIpc) is 2.21. The van der Waals surface area contributed by atoms with Crippen molar-refractivity contribution in [2.75, 3.05) is 5.88 Å². The van der Waals surface area contributed by atoms with E-state index < -0.39 is 0 Å². The average molecular weight is 213 g/mol. The van der Waals surface area contributed by atoms with Gasteiger partial charge in [0.15, 0.2) is 0 Å². The summed E-state index contributed by atoms with van der Waals surface area (Å²) in [5.41, 5.74) is 0.